The lowest BCUT2D eigenvalue weighted by molar-refractivity contribution is -0.126. The summed E-state index contributed by atoms with van der Waals surface area (Å²) in [5.41, 5.74) is 0. The number of sulfonamides is 1. The van der Waals surface area contributed by atoms with Gasteiger partial charge in [-0.05, 0) is 19.1 Å². The number of piperazine rings is 1. The number of hydrogen-bond acceptors (Lipinski definition) is 3. The predicted molar refractivity (Wildman–Crippen MR) is 62.7 cm³/mol. The van der Waals surface area contributed by atoms with Crippen molar-refractivity contribution in [2.45, 2.75) is 17.9 Å². The molecule has 0 radical (unpaired) electrons. The molecule has 1 heterocycles. The summed E-state index contributed by atoms with van der Waals surface area (Å²) in [6.45, 7) is 1.62. The Balaban J connectivity index is 2.44. The van der Waals surface area contributed by atoms with Gasteiger partial charge in [0, 0.05) is 19.2 Å². The van der Waals surface area contributed by atoms with Gasteiger partial charge < -0.3 is 5.32 Å². The smallest absolute Gasteiger partial charge is 0.246 e. The lowest BCUT2D eigenvalue weighted by Crippen LogP contribution is -2.55. The molecule has 0 bridgehead atoms. The van der Waals surface area contributed by atoms with E-state index in [1.807, 2.05) is 0 Å². The Hall–Kier alpha value is -1.54. The second-order valence-electron chi connectivity index (χ2n) is 4.16. The summed E-state index contributed by atoms with van der Waals surface area (Å²) >= 11 is 0. The van der Waals surface area contributed by atoms with Gasteiger partial charge in [0.1, 0.15) is 22.6 Å². The number of carbonyl (C=O) groups is 1. The molecule has 1 amide bonds. The molecule has 0 spiro atoms. The van der Waals surface area contributed by atoms with Crippen LogP contribution in [-0.2, 0) is 14.8 Å². The van der Waals surface area contributed by atoms with E-state index in [0.717, 1.165) is 16.4 Å². The highest BCUT2D eigenvalue weighted by atomic mass is 32.2. The van der Waals surface area contributed by atoms with E-state index in [0.29, 0.717) is 6.07 Å². The second kappa shape index (κ2) is 4.86. The molecule has 0 aliphatic carbocycles. The van der Waals surface area contributed by atoms with Crippen molar-refractivity contribution < 1.29 is 22.0 Å². The summed E-state index contributed by atoms with van der Waals surface area (Å²) in [7, 11) is -4.16. The van der Waals surface area contributed by atoms with Crippen molar-refractivity contribution in [1.29, 1.82) is 0 Å². The third kappa shape index (κ3) is 2.45. The molecule has 1 aliphatic rings. The van der Waals surface area contributed by atoms with Gasteiger partial charge in [-0.25, -0.2) is 17.2 Å². The number of nitrogens with one attached hydrogen (secondary N) is 1. The van der Waals surface area contributed by atoms with Crippen molar-refractivity contribution in [2.24, 2.45) is 0 Å². The minimum Gasteiger partial charge on any atom is -0.353 e. The van der Waals surface area contributed by atoms with E-state index in [2.05, 4.69) is 5.32 Å². The van der Waals surface area contributed by atoms with E-state index in [-0.39, 0.29) is 13.1 Å². The fourth-order valence-corrected chi connectivity index (χ4v) is 3.54. The molecule has 5 nitrogen and oxygen atoms in total. The van der Waals surface area contributed by atoms with Crippen molar-refractivity contribution in [1.82, 2.24) is 9.62 Å². The molecule has 1 N–H and O–H groups in total. The van der Waals surface area contributed by atoms with Crippen molar-refractivity contribution in [3.63, 3.8) is 0 Å². The third-order valence-electron chi connectivity index (χ3n) is 2.92. The largest absolute Gasteiger partial charge is 0.353 e. The fraction of sp³-hybridized carbons (Fsp3) is 0.364. The topological polar surface area (TPSA) is 66.5 Å². The number of hydrogen-bond donors (Lipinski definition) is 1. The molecular weight excluding hydrogens is 278 g/mol. The van der Waals surface area contributed by atoms with Gasteiger partial charge in [-0.15, -0.1) is 0 Å². The predicted octanol–water partition coefficient (Wildman–Crippen LogP) is 0.474. The Labute approximate surface area is 109 Å². The Morgan fingerprint density at radius 3 is 2.68 bits per heavy atom. The zero-order valence-electron chi connectivity index (χ0n) is 10.1. The average Bonchev–Trinajstić information content (AvgIpc) is 2.31. The van der Waals surface area contributed by atoms with E-state index in [9.17, 15) is 22.0 Å². The maximum absolute atomic E-state index is 13.6. The molecular formula is C11H12F2N2O3S. The minimum atomic E-state index is -4.16. The Kier molecular flexibility index (Phi) is 3.55. The Morgan fingerprint density at radius 2 is 2.05 bits per heavy atom. The molecule has 1 unspecified atom stereocenters. The van der Waals surface area contributed by atoms with E-state index in [1.54, 1.807) is 0 Å². The van der Waals surface area contributed by atoms with Crippen molar-refractivity contribution in [3.8, 4) is 0 Å². The summed E-state index contributed by atoms with van der Waals surface area (Å²) in [5, 5.41) is 2.51. The SMILES string of the molecule is CC1C(=O)NCCN1S(=O)(=O)c1ccc(F)cc1F. The van der Waals surface area contributed by atoms with Gasteiger partial charge in [-0.1, -0.05) is 0 Å². The number of rotatable bonds is 2. The fourth-order valence-electron chi connectivity index (χ4n) is 1.90. The average molecular weight is 290 g/mol. The zero-order valence-corrected chi connectivity index (χ0v) is 10.9. The first-order valence-electron chi connectivity index (χ1n) is 5.58. The summed E-state index contributed by atoms with van der Waals surface area (Å²) in [6.07, 6.45) is 0. The first-order valence-corrected chi connectivity index (χ1v) is 7.02. The van der Waals surface area contributed by atoms with Crippen LogP contribution in [0.15, 0.2) is 23.1 Å². The molecule has 1 saturated heterocycles. The summed E-state index contributed by atoms with van der Waals surface area (Å²) in [4.78, 5) is 10.8. The van der Waals surface area contributed by atoms with Gasteiger partial charge in [0.2, 0.25) is 15.9 Å². The molecule has 0 aromatic heterocycles. The number of amides is 1. The van der Waals surface area contributed by atoms with E-state index < -0.39 is 38.5 Å². The standard InChI is InChI=1S/C11H12F2N2O3S/c1-7-11(16)14-4-5-15(7)19(17,18)10-3-2-8(12)6-9(10)13/h2-3,6-7H,4-5H2,1H3,(H,14,16). The molecule has 1 fully saturated rings. The third-order valence-corrected chi connectivity index (χ3v) is 4.93. The van der Waals surface area contributed by atoms with E-state index in [4.69, 9.17) is 0 Å². The highest BCUT2D eigenvalue weighted by molar-refractivity contribution is 7.89. The zero-order chi connectivity index (χ0) is 14.2. The monoisotopic (exact) mass is 290 g/mol. The van der Waals surface area contributed by atoms with Crippen LogP contribution >= 0.6 is 0 Å². The first kappa shape index (κ1) is 13.9. The second-order valence-corrected chi connectivity index (χ2v) is 6.02. The molecule has 1 aromatic rings. The quantitative estimate of drug-likeness (QED) is 0.861. The van der Waals surface area contributed by atoms with Crippen LogP contribution in [0.4, 0.5) is 8.78 Å². The molecule has 8 heteroatoms. The molecule has 2 rings (SSSR count). The van der Waals surface area contributed by atoms with Crippen LogP contribution < -0.4 is 5.32 Å². The van der Waals surface area contributed by atoms with Crippen LogP contribution in [0.5, 0.6) is 0 Å². The van der Waals surface area contributed by atoms with Gasteiger partial charge in [0.25, 0.3) is 0 Å². The van der Waals surface area contributed by atoms with Crippen molar-refractivity contribution in [3.05, 3.63) is 29.8 Å². The van der Waals surface area contributed by atoms with Gasteiger partial charge >= 0.3 is 0 Å². The van der Waals surface area contributed by atoms with Crippen LogP contribution in [0.25, 0.3) is 0 Å². The number of halogens is 2. The maximum Gasteiger partial charge on any atom is 0.246 e. The molecule has 1 atom stereocenters. The van der Waals surface area contributed by atoms with E-state index >= 15 is 0 Å². The summed E-state index contributed by atoms with van der Waals surface area (Å²) < 4.78 is 51.8. The minimum absolute atomic E-state index is 0.0477. The number of benzene rings is 1. The van der Waals surface area contributed by atoms with Gasteiger partial charge in [-0.2, -0.15) is 4.31 Å². The Morgan fingerprint density at radius 1 is 1.37 bits per heavy atom. The van der Waals surface area contributed by atoms with Crippen LogP contribution in [-0.4, -0.2) is 37.8 Å². The highest BCUT2D eigenvalue weighted by Crippen LogP contribution is 2.22. The lowest BCUT2D eigenvalue weighted by atomic mass is 10.2. The van der Waals surface area contributed by atoms with Crippen LogP contribution in [0, 0.1) is 11.6 Å². The summed E-state index contributed by atoms with van der Waals surface area (Å²) in [5.74, 6) is -2.48. The van der Waals surface area contributed by atoms with Crippen molar-refractivity contribution >= 4 is 15.9 Å². The number of nitrogens with zero attached hydrogens (tertiary/aromatic N) is 1. The molecule has 1 aliphatic heterocycles. The van der Waals surface area contributed by atoms with Crippen LogP contribution in [0.1, 0.15) is 6.92 Å². The van der Waals surface area contributed by atoms with Gasteiger partial charge in [-0.3, -0.25) is 4.79 Å². The normalized spacial score (nSPS) is 21.2. The first-order chi connectivity index (χ1) is 8.84. The maximum atomic E-state index is 13.6. The van der Waals surface area contributed by atoms with Crippen LogP contribution in [0.2, 0.25) is 0 Å². The van der Waals surface area contributed by atoms with Gasteiger partial charge in [0.15, 0.2) is 0 Å². The van der Waals surface area contributed by atoms with E-state index in [1.165, 1.54) is 6.92 Å². The molecule has 1 aromatic carbocycles. The molecule has 104 valence electrons. The highest BCUT2D eigenvalue weighted by Gasteiger charge is 2.36. The lowest BCUT2D eigenvalue weighted by Gasteiger charge is -2.31. The molecule has 0 saturated carbocycles. The van der Waals surface area contributed by atoms with Crippen LogP contribution in [0.3, 0.4) is 0 Å². The summed E-state index contributed by atoms with van der Waals surface area (Å²) in [6, 6.07) is 1.30. The Bertz CT molecular complexity index is 618. The molecule has 19 heavy (non-hydrogen) atoms. The van der Waals surface area contributed by atoms with Crippen molar-refractivity contribution in [2.75, 3.05) is 13.1 Å². The number of carbonyl (C=O) groups excluding carboxylic acids is 1. The van der Waals surface area contributed by atoms with Gasteiger partial charge in [0.05, 0.1) is 0 Å².